The van der Waals surface area contributed by atoms with Crippen molar-refractivity contribution in [1.82, 2.24) is 4.90 Å². The number of likely N-dealkylation sites (tertiary alicyclic amines) is 1. The number of carbonyl (C=O) groups is 1. The van der Waals surface area contributed by atoms with Crippen molar-refractivity contribution >= 4 is 11.6 Å². The van der Waals surface area contributed by atoms with Gasteiger partial charge in [-0.05, 0) is 31.0 Å². The van der Waals surface area contributed by atoms with Crippen LogP contribution < -0.4 is 4.90 Å². The van der Waals surface area contributed by atoms with E-state index < -0.39 is 0 Å². The van der Waals surface area contributed by atoms with E-state index in [9.17, 15) is 9.90 Å². The van der Waals surface area contributed by atoms with Gasteiger partial charge in [-0.1, -0.05) is 13.0 Å². The number of aliphatic hydroxyl groups excluding tert-OH is 1. The minimum absolute atomic E-state index is 0.0686. The van der Waals surface area contributed by atoms with Gasteiger partial charge in [-0.15, -0.1) is 0 Å². The minimum Gasteiger partial charge on any atom is -0.393 e. The van der Waals surface area contributed by atoms with Crippen molar-refractivity contribution in [3.8, 4) is 0 Å². The number of nitrogens with zero attached hydrogens (tertiary/aromatic N) is 2. The molecule has 0 spiro atoms. The third-order valence-electron chi connectivity index (χ3n) is 4.11. The Balaban J connectivity index is 2.13. The number of benzene rings is 1. The third kappa shape index (κ3) is 3.12. The summed E-state index contributed by atoms with van der Waals surface area (Å²) in [6, 6.07) is 7.69. The standard InChI is InChI=1S/C16H24N2O2/c1-4-12-11-18(9-8-15(12)19)16(20)13-6-5-7-14(10-13)17(2)3/h5-7,10,12,15,19H,4,8-9,11H2,1-3H3. The molecule has 0 radical (unpaired) electrons. The Kier molecular flexibility index (Phi) is 4.65. The minimum atomic E-state index is -0.267. The molecule has 1 saturated heterocycles. The van der Waals surface area contributed by atoms with Crippen LogP contribution in [0.3, 0.4) is 0 Å². The number of rotatable bonds is 3. The van der Waals surface area contributed by atoms with Gasteiger partial charge in [-0.2, -0.15) is 0 Å². The van der Waals surface area contributed by atoms with Crippen molar-refractivity contribution in [3.05, 3.63) is 29.8 Å². The van der Waals surface area contributed by atoms with E-state index in [-0.39, 0.29) is 17.9 Å². The molecule has 110 valence electrons. The second kappa shape index (κ2) is 6.27. The first-order chi connectivity index (χ1) is 9.52. The molecule has 1 aromatic rings. The van der Waals surface area contributed by atoms with Gasteiger partial charge in [0.15, 0.2) is 0 Å². The smallest absolute Gasteiger partial charge is 0.253 e. The number of anilines is 1. The first-order valence-electron chi connectivity index (χ1n) is 7.27. The van der Waals surface area contributed by atoms with Crippen LogP contribution in [0, 0.1) is 5.92 Å². The Labute approximate surface area is 121 Å². The summed E-state index contributed by atoms with van der Waals surface area (Å²) in [5.41, 5.74) is 1.75. The SMILES string of the molecule is CCC1CN(C(=O)c2cccc(N(C)C)c2)CCC1O. The number of hydrogen-bond donors (Lipinski definition) is 1. The van der Waals surface area contributed by atoms with Gasteiger partial charge in [0.2, 0.25) is 0 Å². The van der Waals surface area contributed by atoms with Gasteiger partial charge >= 0.3 is 0 Å². The second-order valence-corrected chi connectivity index (χ2v) is 5.72. The van der Waals surface area contributed by atoms with Gasteiger partial charge in [0, 0.05) is 44.4 Å². The molecule has 1 fully saturated rings. The van der Waals surface area contributed by atoms with Crippen molar-refractivity contribution in [2.24, 2.45) is 5.92 Å². The van der Waals surface area contributed by atoms with E-state index in [1.165, 1.54) is 0 Å². The fraction of sp³-hybridized carbons (Fsp3) is 0.562. The highest BCUT2D eigenvalue weighted by Crippen LogP contribution is 2.22. The molecule has 1 aliphatic heterocycles. The molecular formula is C16H24N2O2. The normalized spacial score (nSPS) is 22.7. The molecule has 1 heterocycles. The zero-order valence-corrected chi connectivity index (χ0v) is 12.5. The lowest BCUT2D eigenvalue weighted by molar-refractivity contribution is 0.0229. The van der Waals surface area contributed by atoms with Gasteiger partial charge in [0.05, 0.1) is 6.10 Å². The molecule has 4 heteroatoms. The third-order valence-corrected chi connectivity index (χ3v) is 4.11. The van der Waals surface area contributed by atoms with Crippen molar-refractivity contribution in [2.45, 2.75) is 25.9 Å². The highest BCUT2D eigenvalue weighted by Gasteiger charge is 2.29. The molecule has 2 atom stereocenters. The fourth-order valence-corrected chi connectivity index (χ4v) is 2.71. The van der Waals surface area contributed by atoms with Crippen LogP contribution >= 0.6 is 0 Å². The molecule has 0 aromatic heterocycles. The lowest BCUT2D eigenvalue weighted by atomic mass is 9.92. The molecule has 0 aliphatic carbocycles. The number of piperidine rings is 1. The highest BCUT2D eigenvalue weighted by molar-refractivity contribution is 5.95. The molecule has 0 saturated carbocycles. The van der Waals surface area contributed by atoms with Gasteiger partial charge in [0.25, 0.3) is 5.91 Å². The van der Waals surface area contributed by atoms with Crippen LogP contribution in [0.25, 0.3) is 0 Å². The summed E-state index contributed by atoms with van der Waals surface area (Å²) in [5.74, 6) is 0.267. The van der Waals surface area contributed by atoms with E-state index in [1.54, 1.807) is 0 Å². The predicted octanol–water partition coefficient (Wildman–Crippen LogP) is 1.99. The largest absolute Gasteiger partial charge is 0.393 e. The van der Waals surface area contributed by atoms with Crippen molar-refractivity contribution in [2.75, 3.05) is 32.1 Å². The van der Waals surface area contributed by atoms with Crippen LogP contribution in [0.1, 0.15) is 30.1 Å². The fourth-order valence-electron chi connectivity index (χ4n) is 2.71. The van der Waals surface area contributed by atoms with Gasteiger partial charge in [0.1, 0.15) is 0 Å². The Morgan fingerprint density at radius 1 is 1.45 bits per heavy atom. The average Bonchev–Trinajstić information content (AvgIpc) is 2.47. The lowest BCUT2D eigenvalue weighted by Crippen LogP contribution is -2.45. The molecule has 4 nitrogen and oxygen atoms in total. The molecule has 1 aliphatic rings. The molecule has 1 N–H and O–H groups in total. The molecule has 1 aromatic carbocycles. The van der Waals surface area contributed by atoms with E-state index in [2.05, 4.69) is 6.92 Å². The summed E-state index contributed by atoms with van der Waals surface area (Å²) in [6.45, 7) is 3.36. The first-order valence-corrected chi connectivity index (χ1v) is 7.27. The van der Waals surface area contributed by atoms with Crippen LogP contribution in [-0.2, 0) is 0 Å². The Morgan fingerprint density at radius 3 is 2.85 bits per heavy atom. The maximum atomic E-state index is 12.6. The average molecular weight is 276 g/mol. The van der Waals surface area contributed by atoms with E-state index in [0.29, 0.717) is 19.5 Å². The maximum Gasteiger partial charge on any atom is 0.253 e. The molecule has 0 bridgehead atoms. The van der Waals surface area contributed by atoms with Crippen LogP contribution in [0.5, 0.6) is 0 Å². The zero-order chi connectivity index (χ0) is 14.7. The monoisotopic (exact) mass is 276 g/mol. The van der Waals surface area contributed by atoms with Crippen LogP contribution in [0.4, 0.5) is 5.69 Å². The van der Waals surface area contributed by atoms with Crippen molar-refractivity contribution in [3.63, 3.8) is 0 Å². The van der Waals surface area contributed by atoms with Crippen LogP contribution in [0.15, 0.2) is 24.3 Å². The summed E-state index contributed by atoms with van der Waals surface area (Å²) in [4.78, 5) is 16.4. The Hall–Kier alpha value is -1.55. The quantitative estimate of drug-likeness (QED) is 0.918. The second-order valence-electron chi connectivity index (χ2n) is 5.72. The van der Waals surface area contributed by atoms with E-state index in [4.69, 9.17) is 0 Å². The number of amides is 1. The summed E-state index contributed by atoms with van der Waals surface area (Å²) in [7, 11) is 3.93. The topological polar surface area (TPSA) is 43.8 Å². The summed E-state index contributed by atoms with van der Waals surface area (Å²) >= 11 is 0. The maximum absolute atomic E-state index is 12.6. The molecule has 20 heavy (non-hydrogen) atoms. The molecule has 2 rings (SSSR count). The number of carbonyl (C=O) groups excluding carboxylic acids is 1. The summed E-state index contributed by atoms with van der Waals surface area (Å²) < 4.78 is 0. The van der Waals surface area contributed by atoms with Crippen LogP contribution in [0.2, 0.25) is 0 Å². The lowest BCUT2D eigenvalue weighted by Gasteiger charge is -2.36. The number of aliphatic hydroxyl groups is 1. The van der Waals surface area contributed by atoms with Gasteiger partial charge in [-0.25, -0.2) is 0 Å². The molecule has 2 unspecified atom stereocenters. The summed E-state index contributed by atoms with van der Waals surface area (Å²) in [6.07, 6.45) is 1.32. The zero-order valence-electron chi connectivity index (χ0n) is 12.5. The molecular weight excluding hydrogens is 252 g/mol. The van der Waals surface area contributed by atoms with Crippen LogP contribution in [-0.4, -0.2) is 49.2 Å². The van der Waals surface area contributed by atoms with Crippen molar-refractivity contribution in [1.29, 1.82) is 0 Å². The van der Waals surface area contributed by atoms with E-state index in [0.717, 1.165) is 17.7 Å². The first kappa shape index (κ1) is 14.9. The summed E-state index contributed by atoms with van der Waals surface area (Å²) in [5, 5.41) is 9.91. The van der Waals surface area contributed by atoms with Gasteiger partial charge < -0.3 is 14.9 Å². The van der Waals surface area contributed by atoms with E-state index >= 15 is 0 Å². The van der Waals surface area contributed by atoms with Gasteiger partial charge in [-0.3, -0.25) is 4.79 Å². The number of hydrogen-bond acceptors (Lipinski definition) is 3. The van der Waals surface area contributed by atoms with E-state index in [1.807, 2.05) is 48.2 Å². The predicted molar refractivity (Wildman–Crippen MR) is 81.1 cm³/mol. The molecule has 1 amide bonds. The Morgan fingerprint density at radius 2 is 2.20 bits per heavy atom. The van der Waals surface area contributed by atoms with Crippen molar-refractivity contribution < 1.29 is 9.90 Å². The Bertz CT molecular complexity index is 473. The highest BCUT2D eigenvalue weighted by atomic mass is 16.3.